The lowest BCUT2D eigenvalue weighted by Gasteiger charge is -2.13. The molecular formula is C37H26N2O. The molecule has 6 aromatic carbocycles. The standard InChI is InChI=1S/C37H26N2O/c1-39-34-23-29(25-12-5-2-6-13-25)22-33(27-16-9-4-10-17-27)36(34)38-37(39)32-21-20-30(26-14-7-3-8-15-26)31-19-11-18-28(24-40)35(31)32/h2-24H,1H3. The van der Waals surface area contributed by atoms with Crippen LogP contribution in [0.1, 0.15) is 10.4 Å². The van der Waals surface area contributed by atoms with E-state index in [1.54, 1.807) is 0 Å². The predicted octanol–water partition coefficient (Wildman–Crippen LogP) is 9.21. The average Bonchev–Trinajstić information content (AvgIpc) is 3.36. The van der Waals surface area contributed by atoms with Gasteiger partial charge in [-0.1, -0.05) is 115 Å². The molecule has 1 aromatic heterocycles. The van der Waals surface area contributed by atoms with Crippen molar-refractivity contribution >= 4 is 28.1 Å². The summed E-state index contributed by atoms with van der Waals surface area (Å²) in [6.07, 6.45) is 0.951. The van der Waals surface area contributed by atoms with Crippen molar-refractivity contribution in [3.05, 3.63) is 139 Å². The van der Waals surface area contributed by atoms with Gasteiger partial charge in [-0.05, 0) is 51.4 Å². The molecule has 1 heterocycles. The summed E-state index contributed by atoms with van der Waals surface area (Å²) >= 11 is 0. The van der Waals surface area contributed by atoms with Crippen LogP contribution in [-0.2, 0) is 7.05 Å². The molecule has 190 valence electrons. The number of carbonyl (C=O) groups is 1. The minimum absolute atomic E-state index is 0.658. The van der Waals surface area contributed by atoms with Crippen LogP contribution in [-0.4, -0.2) is 15.8 Å². The molecule has 0 N–H and O–H groups in total. The van der Waals surface area contributed by atoms with Gasteiger partial charge in [0.2, 0.25) is 0 Å². The molecule has 7 aromatic rings. The van der Waals surface area contributed by atoms with Crippen molar-refractivity contribution in [2.75, 3.05) is 0 Å². The Kier molecular flexibility index (Phi) is 5.83. The smallest absolute Gasteiger partial charge is 0.150 e. The molecule has 0 spiro atoms. The van der Waals surface area contributed by atoms with Crippen molar-refractivity contribution in [2.45, 2.75) is 0 Å². The lowest BCUT2D eigenvalue weighted by molar-refractivity contribution is 0.112. The molecule has 0 radical (unpaired) electrons. The Hall–Kier alpha value is -5.28. The molecule has 0 fully saturated rings. The Morgan fingerprint density at radius 1 is 0.575 bits per heavy atom. The average molecular weight is 515 g/mol. The highest BCUT2D eigenvalue weighted by Gasteiger charge is 2.20. The van der Waals surface area contributed by atoms with E-state index >= 15 is 0 Å². The lowest BCUT2D eigenvalue weighted by Crippen LogP contribution is -1.96. The highest BCUT2D eigenvalue weighted by molar-refractivity contribution is 6.12. The second-order valence-corrected chi connectivity index (χ2v) is 10.0. The maximum atomic E-state index is 12.3. The van der Waals surface area contributed by atoms with Crippen LogP contribution in [0.2, 0.25) is 0 Å². The van der Waals surface area contributed by atoms with Gasteiger partial charge in [0.05, 0.1) is 11.0 Å². The van der Waals surface area contributed by atoms with Crippen LogP contribution in [0.3, 0.4) is 0 Å². The van der Waals surface area contributed by atoms with Crippen LogP contribution in [0.25, 0.3) is 66.6 Å². The topological polar surface area (TPSA) is 34.9 Å². The second kappa shape index (κ2) is 9.79. The van der Waals surface area contributed by atoms with Crippen LogP contribution < -0.4 is 0 Å². The van der Waals surface area contributed by atoms with Crippen molar-refractivity contribution in [1.82, 2.24) is 9.55 Å². The number of aromatic nitrogens is 2. The van der Waals surface area contributed by atoms with Crippen LogP contribution in [0.5, 0.6) is 0 Å². The fourth-order valence-corrected chi connectivity index (χ4v) is 5.75. The number of benzene rings is 6. The van der Waals surface area contributed by atoms with Crippen molar-refractivity contribution < 1.29 is 4.79 Å². The third-order valence-corrected chi connectivity index (χ3v) is 7.70. The first kappa shape index (κ1) is 23.8. The van der Waals surface area contributed by atoms with Gasteiger partial charge in [0.25, 0.3) is 0 Å². The van der Waals surface area contributed by atoms with E-state index < -0.39 is 0 Å². The van der Waals surface area contributed by atoms with Crippen molar-refractivity contribution in [3.8, 4) is 44.8 Å². The highest BCUT2D eigenvalue weighted by atomic mass is 16.1. The quantitative estimate of drug-likeness (QED) is 0.215. The number of hydrogen-bond donors (Lipinski definition) is 0. The summed E-state index contributed by atoms with van der Waals surface area (Å²) < 4.78 is 2.16. The molecule has 0 bridgehead atoms. The largest absolute Gasteiger partial charge is 0.327 e. The van der Waals surface area contributed by atoms with Gasteiger partial charge in [0, 0.05) is 29.1 Å². The molecule has 0 aliphatic carbocycles. The van der Waals surface area contributed by atoms with Crippen LogP contribution in [0.4, 0.5) is 0 Å². The molecule has 0 atom stereocenters. The molecule has 7 rings (SSSR count). The van der Waals surface area contributed by atoms with E-state index in [0.717, 1.165) is 72.9 Å². The summed E-state index contributed by atoms with van der Waals surface area (Å²) in [5, 5.41) is 1.95. The monoisotopic (exact) mass is 514 g/mol. The number of hydrogen-bond acceptors (Lipinski definition) is 2. The van der Waals surface area contributed by atoms with Gasteiger partial charge in [0.1, 0.15) is 5.82 Å². The number of fused-ring (bicyclic) bond motifs is 2. The van der Waals surface area contributed by atoms with Crippen LogP contribution >= 0.6 is 0 Å². The number of nitrogens with zero attached hydrogens (tertiary/aromatic N) is 2. The van der Waals surface area contributed by atoms with E-state index in [0.29, 0.717) is 5.56 Å². The predicted molar refractivity (Wildman–Crippen MR) is 165 cm³/mol. The van der Waals surface area contributed by atoms with Gasteiger partial charge in [-0.2, -0.15) is 0 Å². The van der Waals surface area contributed by atoms with Gasteiger partial charge in [-0.25, -0.2) is 4.98 Å². The Balaban J connectivity index is 1.54. The van der Waals surface area contributed by atoms with Gasteiger partial charge in [-0.15, -0.1) is 0 Å². The van der Waals surface area contributed by atoms with Gasteiger partial charge in [0.15, 0.2) is 6.29 Å². The summed E-state index contributed by atoms with van der Waals surface area (Å²) in [4.78, 5) is 17.6. The Morgan fingerprint density at radius 3 is 1.82 bits per heavy atom. The number of aldehydes is 1. The molecule has 0 aliphatic rings. The zero-order valence-corrected chi connectivity index (χ0v) is 22.1. The van der Waals surface area contributed by atoms with E-state index in [4.69, 9.17) is 4.98 Å². The third-order valence-electron chi connectivity index (χ3n) is 7.70. The van der Waals surface area contributed by atoms with Crippen LogP contribution in [0.15, 0.2) is 133 Å². The highest BCUT2D eigenvalue weighted by Crippen LogP contribution is 2.40. The summed E-state index contributed by atoms with van der Waals surface area (Å²) in [5.41, 5.74) is 10.3. The van der Waals surface area contributed by atoms with Gasteiger partial charge in [-0.3, -0.25) is 4.79 Å². The molecule has 3 nitrogen and oxygen atoms in total. The second-order valence-electron chi connectivity index (χ2n) is 10.0. The SMILES string of the molecule is Cn1c(-c2ccc(-c3ccccc3)c3cccc(C=O)c23)nc2c(-c3ccccc3)cc(-c3ccccc3)cc21. The Morgan fingerprint density at radius 2 is 1.18 bits per heavy atom. The molecule has 3 heteroatoms. The van der Waals surface area contributed by atoms with Crippen molar-refractivity contribution in [3.63, 3.8) is 0 Å². The van der Waals surface area contributed by atoms with Crippen LogP contribution in [0, 0.1) is 0 Å². The molecule has 40 heavy (non-hydrogen) atoms. The maximum Gasteiger partial charge on any atom is 0.150 e. The normalized spacial score (nSPS) is 11.2. The molecule has 0 aliphatic heterocycles. The Bertz CT molecular complexity index is 2010. The summed E-state index contributed by atoms with van der Waals surface area (Å²) in [7, 11) is 2.06. The number of rotatable bonds is 5. The van der Waals surface area contributed by atoms with E-state index in [-0.39, 0.29) is 0 Å². The minimum Gasteiger partial charge on any atom is -0.327 e. The number of carbonyl (C=O) groups excluding carboxylic acids is 1. The van der Waals surface area contributed by atoms with E-state index in [2.05, 4.69) is 103 Å². The zero-order chi connectivity index (χ0) is 27.1. The number of imidazole rings is 1. The summed E-state index contributed by atoms with van der Waals surface area (Å²) in [5.74, 6) is 0.830. The summed E-state index contributed by atoms with van der Waals surface area (Å²) in [6.45, 7) is 0. The van der Waals surface area contributed by atoms with Gasteiger partial charge >= 0.3 is 0 Å². The van der Waals surface area contributed by atoms with E-state index in [9.17, 15) is 4.79 Å². The molecule has 0 saturated carbocycles. The van der Waals surface area contributed by atoms with Crippen molar-refractivity contribution in [2.24, 2.45) is 7.05 Å². The summed E-state index contributed by atoms with van der Waals surface area (Å²) in [6, 6.07) is 45.8. The van der Waals surface area contributed by atoms with Crippen molar-refractivity contribution in [1.29, 1.82) is 0 Å². The first-order valence-electron chi connectivity index (χ1n) is 13.4. The minimum atomic E-state index is 0.658. The zero-order valence-electron chi connectivity index (χ0n) is 22.1. The first-order chi connectivity index (χ1) is 19.7. The van der Waals surface area contributed by atoms with E-state index in [1.165, 1.54) is 0 Å². The third kappa shape index (κ3) is 3.91. The lowest BCUT2D eigenvalue weighted by atomic mass is 9.92. The Labute approximate surface area is 233 Å². The van der Waals surface area contributed by atoms with Gasteiger partial charge < -0.3 is 4.57 Å². The fraction of sp³-hybridized carbons (Fsp3) is 0.0270. The molecule has 0 unspecified atom stereocenters. The number of aryl methyl sites for hydroxylation is 1. The molecular weight excluding hydrogens is 488 g/mol. The van der Waals surface area contributed by atoms with E-state index in [1.807, 2.05) is 42.5 Å². The molecule has 0 amide bonds. The first-order valence-corrected chi connectivity index (χ1v) is 13.4. The maximum absolute atomic E-state index is 12.3. The fourth-order valence-electron chi connectivity index (χ4n) is 5.75. The molecule has 0 saturated heterocycles.